The van der Waals surface area contributed by atoms with Gasteiger partial charge in [0.1, 0.15) is 0 Å². The van der Waals surface area contributed by atoms with Gasteiger partial charge in [-0.1, -0.05) is 133 Å². The Bertz CT molecular complexity index is 2340. The van der Waals surface area contributed by atoms with E-state index < -0.39 is 0 Å². The first kappa shape index (κ1) is 23.3. The van der Waals surface area contributed by atoms with E-state index in [-0.39, 0.29) is 0 Å². The normalized spacial score (nSPS) is 11.8. The van der Waals surface area contributed by atoms with Crippen molar-refractivity contribution >= 4 is 64.6 Å². The average Bonchev–Trinajstić information content (AvgIpc) is 3.06. The summed E-state index contributed by atoms with van der Waals surface area (Å²) in [4.78, 5) is 0. The van der Waals surface area contributed by atoms with Crippen molar-refractivity contribution in [1.29, 1.82) is 0 Å². The summed E-state index contributed by atoms with van der Waals surface area (Å²) < 4.78 is 0. The molecule has 0 N–H and O–H groups in total. The van der Waals surface area contributed by atoms with Crippen molar-refractivity contribution in [2.45, 2.75) is 0 Å². The molecule has 0 radical (unpaired) electrons. The molecule has 0 saturated heterocycles. The van der Waals surface area contributed by atoms with Crippen molar-refractivity contribution in [2.24, 2.45) is 0 Å². The second kappa shape index (κ2) is 9.03. The molecule has 0 aliphatic heterocycles. The standard InChI is InChI=1S/C42H26/c1-3-15-31-27(11-1)25-41(35-19-7-5-17-33(31)35)37-21-9-13-29-24-40-30(23-39(29)37)14-10-22-38(40)42-26-28-12-2-4-16-32(28)34-18-6-8-20-36(34)42/h1-26H. The molecule has 42 heavy (non-hydrogen) atoms. The van der Waals surface area contributed by atoms with E-state index in [1.165, 1.54) is 86.9 Å². The third-order valence-corrected chi connectivity index (χ3v) is 9.00. The lowest BCUT2D eigenvalue weighted by molar-refractivity contribution is 1.70. The van der Waals surface area contributed by atoms with Crippen LogP contribution < -0.4 is 0 Å². The van der Waals surface area contributed by atoms with Crippen LogP contribution in [0, 0.1) is 0 Å². The van der Waals surface area contributed by atoms with Crippen molar-refractivity contribution in [3.8, 4) is 22.3 Å². The number of rotatable bonds is 2. The Morgan fingerprint density at radius 2 is 0.524 bits per heavy atom. The third-order valence-electron chi connectivity index (χ3n) is 9.00. The molecular formula is C42H26. The quantitative estimate of drug-likeness (QED) is 0.154. The highest BCUT2D eigenvalue weighted by atomic mass is 14.2. The van der Waals surface area contributed by atoms with E-state index in [2.05, 4.69) is 158 Å². The van der Waals surface area contributed by atoms with Gasteiger partial charge in [0.15, 0.2) is 0 Å². The van der Waals surface area contributed by atoms with Crippen LogP contribution in [-0.4, -0.2) is 0 Å². The Hall–Kier alpha value is -5.46. The number of hydrogen-bond donors (Lipinski definition) is 0. The van der Waals surface area contributed by atoms with Gasteiger partial charge in [0.2, 0.25) is 0 Å². The second-order valence-corrected chi connectivity index (χ2v) is 11.3. The van der Waals surface area contributed by atoms with Crippen LogP contribution in [0.2, 0.25) is 0 Å². The Morgan fingerprint density at radius 1 is 0.190 bits per heavy atom. The predicted molar refractivity (Wildman–Crippen MR) is 182 cm³/mol. The van der Waals surface area contributed by atoms with E-state index in [4.69, 9.17) is 0 Å². The summed E-state index contributed by atoms with van der Waals surface area (Å²) in [7, 11) is 0. The summed E-state index contributed by atoms with van der Waals surface area (Å²) >= 11 is 0. The van der Waals surface area contributed by atoms with Gasteiger partial charge in [-0.2, -0.15) is 0 Å². The largest absolute Gasteiger partial charge is 0.0616 e. The minimum absolute atomic E-state index is 1.26. The van der Waals surface area contributed by atoms with E-state index in [0.717, 1.165) is 0 Å². The summed E-state index contributed by atoms with van der Waals surface area (Å²) in [6.07, 6.45) is 0. The molecule has 0 aliphatic carbocycles. The minimum atomic E-state index is 1.26. The molecule has 0 bridgehead atoms. The molecule has 0 heteroatoms. The minimum Gasteiger partial charge on any atom is -0.0616 e. The molecule has 0 heterocycles. The van der Waals surface area contributed by atoms with E-state index in [0.29, 0.717) is 0 Å². The van der Waals surface area contributed by atoms with Gasteiger partial charge >= 0.3 is 0 Å². The van der Waals surface area contributed by atoms with Gasteiger partial charge in [-0.3, -0.25) is 0 Å². The van der Waals surface area contributed by atoms with Crippen LogP contribution in [0.1, 0.15) is 0 Å². The fourth-order valence-corrected chi connectivity index (χ4v) is 7.07. The molecule has 0 aromatic heterocycles. The highest BCUT2D eigenvalue weighted by molar-refractivity contribution is 6.19. The topological polar surface area (TPSA) is 0 Å². The van der Waals surface area contributed by atoms with Crippen LogP contribution >= 0.6 is 0 Å². The van der Waals surface area contributed by atoms with Crippen LogP contribution in [0.4, 0.5) is 0 Å². The van der Waals surface area contributed by atoms with Crippen molar-refractivity contribution < 1.29 is 0 Å². The van der Waals surface area contributed by atoms with E-state index in [1.807, 2.05) is 0 Å². The summed E-state index contributed by atoms with van der Waals surface area (Å²) in [5.74, 6) is 0. The maximum Gasteiger partial charge on any atom is -0.00928 e. The molecule has 0 nitrogen and oxygen atoms in total. The summed E-state index contributed by atoms with van der Waals surface area (Å²) in [6.45, 7) is 0. The first-order valence-corrected chi connectivity index (χ1v) is 14.6. The SMILES string of the molecule is c1cc(-c2cc3ccccc3c3ccccc23)c2cc3cccc(-c4cc5ccccc5c5ccccc45)c3cc2c1. The molecule has 0 amide bonds. The lowest BCUT2D eigenvalue weighted by atomic mass is 9.88. The zero-order valence-electron chi connectivity index (χ0n) is 23.0. The third kappa shape index (κ3) is 3.42. The maximum atomic E-state index is 2.40. The van der Waals surface area contributed by atoms with Crippen molar-refractivity contribution in [3.05, 3.63) is 158 Å². The van der Waals surface area contributed by atoms with Crippen LogP contribution in [0.25, 0.3) is 86.9 Å². The van der Waals surface area contributed by atoms with Crippen molar-refractivity contribution in [1.82, 2.24) is 0 Å². The van der Waals surface area contributed by atoms with Crippen LogP contribution in [0.5, 0.6) is 0 Å². The van der Waals surface area contributed by atoms with Gasteiger partial charge in [0, 0.05) is 0 Å². The number of hydrogen-bond acceptors (Lipinski definition) is 0. The van der Waals surface area contributed by atoms with Gasteiger partial charge in [-0.05, 0) is 111 Å². The second-order valence-electron chi connectivity index (χ2n) is 11.3. The first-order chi connectivity index (χ1) is 20.8. The highest BCUT2D eigenvalue weighted by Gasteiger charge is 2.14. The molecular weight excluding hydrogens is 504 g/mol. The molecule has 0 unspecified atom stereocenters. The molecule has 9 rings (SSSR count). The lowest BCUT2D eigenvalue weighted by Crippen LogP contribution is -1.89. The molecule has 0 fully saturated rings. The van der Waals surface area contributed by atoms with Gasteiger partial charge in [-0.15, -0.1) is 0 Å². The monoisotopic (exact) mass is 530 g/mol. The molecule has 9 aromatic rings. The zero-order chi connectivity index (χ0) is 27.6. The van der Waals surface area contributed by atoms with Crippen LogP contribution in [0.15, 0.2) is 158 Å². The van der Waals surface area contributed by atoms with Gasteiger partial charge in [0.25, 0.3) is 0 Å². The fraction of sp³-hybridized carbons (Fsp3) is 0. The summed E-state index contributed by atoms with van der Waals surface area (Å²) in [6, 6.07) is 58.1. The van der Waals surface area contributed by atoms with Gasteiger partial charge in [-0.25, -0.2) is 0 Å². The Morgan fingerprint density at radius 3 is 0.976 bits per heavy atom. The smallest absolute Gasteiger partial charge is 0.00928 e. The molecule has 0 aliphatic rings. The van der Waals surface area contributed by atoms with Crippen molar-refractivity contribution in [3.63, 3.8) is 0 Å². The van der Waals surface area contributed by atoms with E-state index in [9.17, 15) is 0 Å². The van der Waals surface area contributed by atoms with E-state index >= 15 is 0 Å². The highest BCUT2D eigenvalue weighted by Crippen LogP contribution is 2.42. The average molecular weight is 531 g/mol. The zero-order valence-corrected chi connectivity index (χ0v) is 23.0. The molecule has 0 atom stereocenters. The lowest BCUT2D eigenvalue weighted by Gasteiger charge is -2.16. The number of fused-ring (bicyclic) bond motifs is 8. The van der Waals surface area contributed by atoms with Crippen LogP contribution in [-0.2, 0) is 0 Å². The predicted octanol–water partition coefficient (Wildman–Crippen LogP) is 11.9. The van der Waals surface area contributed by atoms with Gasteiger partial charge in [0.05, 0.1) is 0 Å². The van der Waals surface area contributed by atoms with Gasteiger partial charge < -0.3 is 0 Å². The summed E-state index contributed by atoms with van der Waals surface area (Å²) in [5, 5.41) is 15.4. The molecule has 0 saturated carbocycles. The maximum absolute atomic E-state index is 2.40. The fourth-order valence-electron chi connectivity index (χ4n) is 7.07. The number of benzene rings is 9. The molecule has 9 aromatic carbocycles. The molecule has 194 valence electrons. The summed E-state index contributed by atoms with van der Waals surface area (Å²) in [5.41, 5.74) is 5.12. The Kier molecular flexibility index (Phi) is 5.00. The molecule has 0 spiro atoms. The Balaban J connectivity index is 1.34. The first-order valence-electron chi connectivity index (χ1n) is 14.6. The van der Waals surface area contributed by atoms with Crippen molar-refractivity contribution in [2.75, 3.05) is 0 Å². The Labute approximate surface area is 244 Å². The van der Waals surface area contributed by atoms with Crippen LogP contribution in [0.3, 0.4) is 0 Å². The van der Waals surface area contributed by atoms with E-state index in [1.54, 1.807) is 0 Å².